The number of nitrogens with zero attached hydrogens (tertiary/aromatic N) is 5. The van der Waals surface area contributed by atoms with Crippen molar-refractivity contribution >= 4 is 5.91 Å². The van der Waals surface area contributed by atoms with Crippen molar-refractivity contribution in [1.82, 2.24) is 25.1 Å². The van der Waals surface area contributed by atoms with Crippen molar-refractivity contribution in [2.75, 3.05) is 13.1 Å². The highest BCUT2D eigenvalue weighted by molar-refractivity contribution is 5.94. The molecule has 1 aromatic heterocycles. The third kappa shape index (κ3) is 3.89. The maximum Gasteiger partial charge on any atom is 0.253 e. The minimum atomic E-state index is 0.113. The minimum absolute atomic E-state index is 0.113. The fourth-order valence-electron chi connectivity index (χ4n) is 3.84. The van der Waals surface area contributed by atoms with Gasteiger partial charge in [-0.15, -0.1) is 5.10 Å². The monoisotopic (exact) mass is 361 g/mol. The molecule has 1 aliphatic heterocycles. The molecule has 0 aliphatic carbocycles. The van der Waals surface area contributed by atoms with E-state index in [0.717, 1.165) is 37.1 Å². The molecular formula is C21H23N5O. The summed E-state index contributed by atoms with van der Waals surface area (Å²) in [6.45, 7) is 4.36. The van der Waals surface area contributed by atoms with E-state index in [2.05, 4.69) is 46.7 Å². The Kier molecular flexibility index (Phi) is 4.96. The van der Waals surface area contributed by atoms with Crippen molar-refractivity contribution in [3.63, 3.8) is 0 Å². The number of rotatable bonds is 4. The molecule has 4 rings (SSSR count). The van der Waals surface area contributed by atoms with Crippen LogP contribution in [0.5, 0.6) is 0 Å². The van der Waals surface area contributed by atoms with Crippen LogP contribution in [0.15, 0.2) is 54.9 Å². The molecule has 1 atom stereocenters. The predicted molar refractivity (Wildman–Crippen MR) is 102 cm³/mol. The molecule has 0 N–H and O–H groups in total. The summed E-state index contributed by atoms with van der Waals surface area (Å²) in [7, 11) is 0. The molecule has 6 heteroatoms. The Bertz CT molecular complexity index is 905. The van der Waals surface area contributed by atoms with Crippen LogP contribution >= 0.6 is 0 Å². The first-order chi connectivity index (χ1) is 13.2. The smallest absolute Gasteiger partial charge is 0.253 e. The standard InChI is InChI=1S/C21H23N5O/c1-16-5-2-3-7-20(16)19-6-4-12-25(14-19)21(27)18-10-8-17(9-11-18)13-26-15-22-23-24-26/h2-3,5,7-11,15,19H,4,6,12-14H2,1H3/t19-/m1/s1. The number of carbonyl (C=O) groups is 1. The quantitative estimate of drug-likeness (QED) is 0.716. The van der Waals surface area contributed by atoms with Crippen LogP contribution in [0.25, 0.3) is 0 Å². The highest BCUT2D eigenvalue weighted by Crippen LogP contribution is 2.29. The van der Waals surface area contributed by atoms with Crippen LogP contribution in [0.3, 0.4) is 0 Å². The number of amides is 1. The van der Waals surface area contributed by atoms with Crippen molar-refractivity contribution < 1.29 is 4.79 Å². The second kappa shape index (κ2) is 7.70. The molecule has 27 heavy (non-hydrogen) atoms. The molecule has 6 nitrogen and oxygen atoms in total. The zero-order valence-electron chi connectivity index (χ0n) is 15.5. The fraction of sp³-hybridized carbons (Fsp3) is 0.333. The average molecular weight is 361 g/mol. The normalized spacial score (nSPS) is 17.1. The Balaban J connectivity index is 1.45. The summed E-state index contributed by atoms with van der Waals surface area (Å²) in [5, 5.41) is 11.1. The first-order valence-corrected chi connectivity index (χ1v) is 9.35. The van der Waals surface area contributed by atoms with Crippen molar-refractivity contribution in [3.8, 4) is 0 Å². The lowest BCUT2D eigenvalue weighted by Crippen LogP contribution is -2.39. The number of tetrazole rings is 1. The van der Waals surface area contributed by atoms with Gasteiger partial charge in [0.15, 0.2) is 0 Å². The van der Waals surface area contributed by atoms with Gasteiger partial charge in [0.05, 0.1) is 6.54 Å². The fourth-order valence-corrected chi connectivity index (χ4v) is 3.84. The Labute approximate surface area is 158 Å². The number of hydrogen-bond donors (Lipinski definition) is 0. The first kappa shape index (κ1) is 17.4. The van der Waals surface area contributed by atoms with E-state index < -0.39 is 0 Å². The van der Waals surface area contributed by atoms with Crippen LogP contribution in [0.1, 0.15) is 45.8 Å². The zero-order chi connectivity index (χ0) is 18.6. The van der Waals surface area contributed by atoms with Gasteiger partial charge in [0.25, 0.3) is 5.91 Å². The van der Waals surface area contributed by atoms with Crippen molar-refractivity contribution in [3.05, 3.63) is 77.1 Å². The third-order valence-electron chi connectivity index (χ3n) is 5.27. The number of piperidine rings is 1. The molecule has 0 bridgehead atoms. The molecule has 0 unspecified atom stereocenters. The van der Waals surface area contributed by atoms with Crippen LogP contribution in [0.2, 0.25) is 0 Å². The Morgan fingerprint density at radius 3 is 2.70 bits per heavy atom. The molecule has 3 aromatic rings. The second-order valence-electron chi connectivity index (χ2n) is 7.15. The molecule has 0 radical (unpaired) electrons. The Morgan fingerprint density at radius 2 is 1.96 bits per heavy atom. The molecule has 2 heterocycles. The van der Waals surface area contributed by atoms with Crippen LogP contribution < -0.4 is 0 Å². The van der Waals surface area contributed by atoms with E-state index in [0.29, 0.717) is 12.5 Å². The van der Waals surface area contributed by atoms with Gasteiger partial charge in [-0.05, 0) is 59.0 Å². The number of carbonyl (C=O) groups excluding carboxylic acids is 1. The molecule has 2 aromatic carbocycles. The van der Waals surface area contributed by atoms with E-state index in [9.17, 15) is 4.79 Å². The van der Waals surface area contributed by atoms with Crippen molar-refractivity contribution in [2.24, 2.45) is 0 Å². The van der Waals surface area contributed by atoms with E-state index in [4.69, 9.17) is 0 Å². The number of hydrogen-bond acceptors (Lipinski definition) is 4. The summed E-state index contributed by atoms with van der Waals surface area (Å²) < 4.78 is 1.66. The van der Waals surface area contributed by atoms with Crippen LogP contribution in [-0.4, -0.2) is 44.1 Å². The Morgan fingerprint density at radius 1 is 1.15 bits per heavy atom. The third-order valence-corrected chi connectivity index (χ3v) is 5.27. The number of aromatic nitrogens is 4. The highest BCUT2D eigenvalue weighted by Gasteiger charge is 2.26. The summed E-state index contributed by atoms with van der Waals surface area (Å²) >= 11 is 0. The van der Waals surface area contributed by atoms with E-state index >= 15 is 0 Å². The van der Waals surface area contributed by atoms with Crippen LogP contribution in [-0.2, 0) is 6.54 Å². The van der Waals surface area contributed by atoms with E-state index in [-0.39, 0.29) is 5.91 Å². The topological polar surface area (TPSA) is 63.9 Å². The zero-order valence-corrected chi connectivity index (χ0v) is 15.5. The lowest BCUT2D eigenvalue weighted by molar-refractivity contribution is 0.0707. The van der Waals surface area contributed by atoms with Crippen LogP contribution in [0.4, 0.5) is 0 Å². The second-order valence-corrected chi connectivity index (χ2v) is 7.15. The number of likely N-dealkylation sites (tertiary alicyclic amines) is 1. The number of benzene rings is 2. The summed E-state index contributed by atoms with van der Waals surface area (Å²) in [5.41, 5.74) is 4.48. The Hall–Kier alpha value is -3.02. The molecule has 138 valence electrons. The van der Waals surface area contributed by atoms with E-state index in [1.807, 2.05) is 29.2 Å². The first-order valence-electron chi connectivity index (χ1n) is 9.35. The van der Waals surface area contributed by atoms with Gasteiger partial charge in [0, 0.05) is 24.6 Å². The molecule has 1 saturated heterocycles. The highest BCUT2D eigenvalue weighted by atomic mass is 16.2. The minimum Gasteiger partial charge on any atom is -0.338 e. The van der Waals surface area contributed by atoms with Gasteiger partial charge in [-0.3, -0.25) is 4.79 Å². The summed E-state index contributed by atoms with van der Waals surface area (Å²) in [6.07, 6.45) is 3.76. The van der Waals surface area contributed by atoms with Crippen molar-refractivity contribution in [1.29, 1.82) is 0 Å². The van der Waals surface area contributed by atoms with Crippen LogP contribution in [0, 0.1) is 6.92 Å². The van der Waals surface area contributed by atoms with Gasteiger partial charge in [0.1, 0.15) is 6.33 Å². The van der Waals surface area contributed by atoms with Gasteiger partial charge >= 0.3 is 0 Å². The lowest BCUT2D eigenvalue weighted by Gasteiger charge is -2.33. The van der Waals surface area contributed by atoms with Gasteiger partial charge in [0.2, 0.25) is 0 Å². The maximum absolute atomic E-state index is 13.0. The SMILES string of the molecule is Cc1ccccc1[C@@H]1CCCN(C(=O)c2ccc(Cn3cnnn3)cc2)C1. The molecule has 0 spiro atoms. The van der Waals surface area contributed by atoms with Gasteiger partial charge in [-0.2, -0.15) is 0 Å². The molecular weight excluding hydrogens is 338 g/mol. The maximum atomic E-state index is 13.0. The van der Waals surface area contributed by atoms with Gasteiger partial charge < -0.3 is 4.90 Å². The predicted octanol–water partition coefficient (Wildman–Crippen LogP) is 3.05. The van der Waals surface area contributed by atoms with E-state index in [1.54, 1.807) is 11.0 Å². The molecule has 1 amide bonds. The molecule has 1 aliphatic rings. The van der Waals surface area contributed by atoms with Gasteiger partial charge in [-0.1, -0.05) is 36.4 Å². The summed E-state index contributed by atoms with van der Waals surface area (Å²) in [4.78, 5) is 15.0. The molecule has 0 saturated carbocycles. The summed E-state index contributed by atoms with van der Waals surface area (Å²) in [6, 6.07) is 16.3. The summed E-state index contributed by atoms with van der Waals surface area (Å²) in [5.74, 6) is 0.533. The molecule has 1 fully saturated rings. The van der Waals surface area contributed by atoms with Gasteiger partial charge in [-0.25, -0.2) is 4.68 Å². The lowest BCUT2D eigenvalue weighted by atomic mass is 9.88. The average Bonchev–Trinajstić information content (AvgIpc) is 3.21. The van der Waals surface area contributed by atoms with Crippen molar-refractivity contribution in [2.45, 2.75) is 32.2 Å². The number of aryl methyl sites for hydroxylation is 1. The largest absolute Gasteiger partial charge is 0.338 e. The van der Waals surface area contributed by atoms with E-state index in [1.165, 1.54) is 11.1 Å².